The van der Waals surface area contributed by atoms with E-state index in [1.807, 2.05) is 12.1 Å². The number of para-hydroxylation sites is 2. The van der Waals surface area contributed by atoms with Gasteiger partial charge in [0.1, 0.15) is 16.4 Å². The average Bonchev–Trinajstić information content (AvgIpc) is 3.24. The number of carbonyl (C=O) groups excluding carboxylic acids is 2. The van der Waals surface area contributed by atoms with Crippen LogP contribution in [0.25, 0.3) is 22.1 Å². The van der Waals surface area contributed by atoms with Gasteiger partial charge < -0.3 is 0 Å². The van der Waals surface area contributed by atoms with Crippen molar-refractivity contribution in [1.82, 2.24) is 30.0 Å². The van der Waals surface area contributed by atoms with Gasteiger partial charge in [0.2, 0.25) is 0 Å². The Balaban J connectivity index is 1.78. The molecule has 0 amide bonds. The minimum absolute atomic E-state index is 0.481. The second kappa shape index (κ2) is 5.30. The molecule has 0 unspecified atom stereocenters. The molecule has 0 spiro atoms. The summed E-state index contributed by atoms with van der Waals surface area (Å²) in [5.41, 5.74) is 0.886. The van der Waals surface area contributed by atoms with Crippen LogP contribution in [0.15, 0.2) is 48.5 Å². The number of hydrogen-bond donors (Lipinski definition) is 0. The lowest BCUT2D eigenvalue weighted by atomic mass is 9.91. The molecule has 0 N–H and O–H groups in total. The summed E-state index contributed by atoms with van der Waals surface area (Å²) in [6.45, 7) is 3.09. The van der Waals surface area contributed by atoms with Gasteiger partial charge in [0.25, 0.3) is 11.8 Å². The van der Waals surface area contributed by atoms with Crippen LogP contribution in [0.1, 0.15) is 23.4 Å². The third kappa shape index (κ3) is 2.22. The van der Waals surface area contributed by atoms with Crippen LogP contribution in [0.4, 0.5) is 0 Å². The number of hydrogen-bond acceptors (Lipinski definition) is 6. The summed E-state index contributed by atoms with van der Waals surface area (Å²) < 4.78 is 2.32. The summed E-state index contributed by atoms with van der Waals surface area (Å²) in [7, 11) is 0. The highest BCUT2D eigenvalue weighted by Gasteiger charge is 2.40. The van der Waals surface area contributed by atoms with Crippen LogP contribution in [-0.4, -0.2) is 41.8 Å². The molecule has 2 heterocycles. The van der Waals surface area contributed by atoms with Crippen LogP contribution in [0.3, 0.4) is 0 Å². The van der Waals surface area contributed by atoms with Gasteiger partial charge in [-0.25, -0.2) is 0 Å². The van der Waals surface area contributed by atoms with Crippen molar-refractivity contribution in [3.63, 3.8) is 0 Å². The van der Waals surface area contributed by atoms with Crippen LogP contribution < -0.4 is 0 Å². The first-order valence-electron chi connectivity index (χ1n) is 7.70. The fourth-order valence-electron chi connectivity index (χ4n) is 2.66. The van der Waals surface area contributed by atoms with Crippen molar-refractivity contribution in [2.75, 3.05) is 0 Å². The molecule has 0 radical (unpaired) electrons. The smallest absolute Gasteiger partial charge is 0.264 e. The van der Waals surface area contributed by atoms with Gasteiger partial charge in [-0.05, 0) is 38.1 Å². The number of aromatic nitrogens is 6. The normalized spacial score (nSPS) is 11.9. The van der Waals surface area contributed by atoms with E-state index in [0.717, 1.165) is 9.36 Å². The Morgan fingerprint density at radius 1 is 0.760 bits per heavy atom. The van der Waals surface area contributed by atoms with Gasteiger partial charge in [0.15, 0.2) is 0 Å². The molecule has 4 rings (SSSR count). The number of rotatable bonds is 2. The first kappa shape index (κ1) is 15.1. The Hall–Kier alpha value is -3.42. The third-order valence-corrected chi connectivity index (χ3v) is 4.16. The zero-order chi connectivity index (χ0) is 17.6. The van der Waals surface area contributed by atoms with Crippen molar-refractivity contribution in [3.8, 4) is 0 Å². The fraction of sp³-hybridized carbons (Fsp3) is 0.176. The summed E-state index contributed by atoms with van der Waals surface area (Å²) in [5, 5.41) is 15.8. The summed E-state index contributed by atoms with van der Waals surface area (Å²) in [5.74, 6) is -0.962. The minimum atomic E-state index is -1.40. The van der Waals surface area contributed by atoms with Crippen LogP contribution in [0.5, 0.6) is 0 Å². The molecule has 0 aliphatic rings. The van der Waals surface area contributed by atoms with Crippen LogP contribution in [-0.2, 0) is 0 Å². The Kier molecular flexibility index (Phi) is 3.21. The highest BCUT2D eigenvalue weighted by molar-refractivity contribution is 6.09. The summed E-state index contributed by atoms with van der Waals surface area (Å²) in [6.07, 6.45) is 0. The number of fused-ring (bicyclic) bond motifs is 2. The fourth-order valence-corrected chi connectivity index (χ4v) is 2.66. The van der Waals surface area contributed by atoms with Crippen molar-refractivity contribution in [3.05, 3.63) is 48.5 Å². The molecule has 8 heteroatoms. The molecular weight excluding hydrogens is 320 g/mol. The van der Waals surface area contributed by atoms with Gasteiger partial charge in [-0.3, -0.25) is 9.59 Å². The van der Waals surface area contributed by atoms with Crippen molar-refractivity contribution < 1.29 is 9.59 Å². The summed E-state index contributed by atoms with van der Waals surface area (Å²) in [4.78, 5) is 26.0. The SMILES string of the molecule is CC(C)(C(=O)n1nnc2ccccc21)C(=O)n1nnc2ccccc21. The van der Waals surface area contributed by atoms with E-state index in [1.165, 1.54) is 0 Å². The van der Waals surface area contributed by atoms with E-state index in [0.29, 0.717) is 22.1 Å². The molecule has 0 aliphatic heterocycles. The Bertz CT molecular complexity index is 1040. The zero-order valence-corrected chi connectivity index (χ0v) is 13.6. The third-order valence-electron chi connectivity index (χ3n) is 4.16. The molecule has 0 bridgehead atoms. The summed E-state index contributed by atoms with van der Waals surface area (Å²) in [6, 6.07) is 14.2. The number of benzene rings is 2. The van der Waals surface area contributed by atoms with Crippen molar-refractivity contribution in [2.45, 2.75) is 13.8 Å². The molecule has 0 saturated carbocycles. The maximum Gasteiger partial charge on any atom is 0.264 e. The molecule has 0 atom stereocenters. The lowest BCUT2D eigenvalue weighted by Gasteiger charge is -2.20. The molecule has 124 valence electrons. The highest BCUT2D eigenvalue weighted by atomic mass is 16.2. The van der Waals surface area contributed by atoms with Gasteiger partial charge in [-0.15, -0.1) is 10.2 Å². The second-order valence-corrected chi connectivity index (χ2v) is 6.22. The first-order chi connectivity index (χ1) is 12.0. The van der Waals surface area contributed by atoms with E-state index in [4.69, 9.17) is 0 Å². The largest absolute Gasteiger partial charge is 0.271 e. The quantitative estimate of drug-likeness (QED) is 0.521. The Morgan fingerprint density at radius 2 is 1.16 bits per heavy atom. The molecule has 25 heavy (non-hydrogen) atoms. The lowest BCUT2D eigenvalue weighted by molar-refractivity contribution is 0.0584. The van der Waals surface area contributed by atoms with Gasteiger partial charge in [-0.1, -0.05) is 34.7 Å². The molecule has 4 aromatic rings. The predicted octanol–water partition coefficient (Wildman–Crippen LogP) is 2.18. The van der Waals surface area contributed by atoms with Gasteiger partial charge in [0.05, 0.1) is 11.0 Å². The molecule has 2 aromatic carbocycles. The predicted molar refractivity (Wildman–Crippen MR) is 90.1 cm³/mol. The average molecular weight is 334 g/mol. The van der Waals surface area contributed by atoms with Gasteiger partial charge in [0, 0.05) is 0 Å². The van der Waals surface area contributed by atoms with E-state index >= 15 is 0 Å². The zero-order valence-electron chi connectivity index (χ0n) is 13.6. The Labute approximate surface area is 142 Å². The molecule has 0 aliphatic carbocycles. The Morgan fingerprint density at radius 3 is 1.60 bits per heavy atom. The van der Waals surface area contributed by atoms with Gasteiger partial charge in [-0.2, -0.15) is 9.36 Å². The van der Waals surface area contributed by atoms with E-state index < -0.39 is 17.2 Å². The van der Waals surface area contributed by atoms with E-state index in [-0.39, 0.29) is 0 Å². The standard InChI is InChI=1S/C17H14N6O2/c1-17(2,15(24)22-13-9-5-3-7-11(13)18-20-22)16(25)23-14-10-6-4-8-12(14)19-21-23/h3-10H,1-2H3. The topological polar surface area (TPSA) is 95.6 Å². The van der Waals surface area contributed by atoms with Gasteiger partial charge >= 0.3 is 0 Å². The summed E-state index contributed by atoms with van der Waals surface area (Å²) >= 11 is 0. The monoisotopic (exact) mass is 334 g/mol. The van der Waals surface area contributed by atoms with E-state index in [9.17, 15) is 9.59 Å². The maximum atomic E-state index is 13.0. The van der Waals surface area contributed by atoms with Crippen molar-refractivity contribution in [1.29, 1.82) is 0 Å². The van der Waals surface area contributed by atoms with Crippen LogP contribution >= 0.6 is 0 Å². The molecular formula is C17H14N6O2. The molecule has 2 aromatic heterocycles. The van der Waals surface area contributed by atoms with Crippen molar-refractivity contribution >= 4 is 33.9 Å². The van der Waals surface area contributed by atoms with E-state index in [2.05, 4.69) is 20.6 Å². The molecule has 8 nitrogen and oxygen atoms in total. The van der Waals surface area contributed by atoms with Crippen LogP contribution in [0.2, 0.25) is 0 Å². The highest BCUT2D eigenvalue weighted by Crippen LogP contribution is 2.24. The number of nitrogens with zero attached hydrogens (tertiary/aromatic N) is 6. The second-order valence-electron chi connectivity index (χ2n) is 6.22. The van der Waals surface area contributed by atoms with E-state index in [1.54, 1.807) is 50.2 Å². The maximum absolute atomic E-state index is 13.0. The van der Waals surface area contributed by atoms with Crippen LogP contribution in [0, 0.1) is 5.41 Å². The molecule has 0 saturated heterocycles. The molecule has 0 fully saturated rings. The van der Waals surface area contributed by atoms with Crippen molar-refractivity contribution in [2.24, 2.45) is 5.41 Å². The first-order valence-corrected chi connectivity index (χ1v) is 7.70. The minimum Gasteiger partial charge on any atom is -0.271 e. The number of carbonyl (C=O) groups is 2. The lowest BCUT2D eigenvalue weighted by Crippen LogP contribution is -2.41.